The van der Waals surface area contributed by atoms with Gasteiger partial charge in [0.2, 0.25) is 0 Å². The molecule has 1 heterocycles. The lowest BCUT2D eigenvalue weighted by molar-refractivity contribution is 0.0547. The molecule has 0 aromatic carbocycles. The van der Waals surface area contributed by atoms with Crippen molar-refractivity contribution < 1.29 is 19.4 Å². The van der Waals surface area contributed by atoms with Crippen molar-refractivity contribution in [3.63, 3.8) is 0 Å². The molecule has 0 aliphatic rings. The maximum Gasteiger partial charge on any atom is 0.354 e. The molecule has 0 spiro atoms. The van der Waals surface area contributed by atoms with Crippen molar-refractivity contribution in [2.75, 3.05) is 6.61 Å². The summed E-state index contributed by atoms with van der Waals surface area (Å²) in [6.45, 7) is 3.50. The first-order chi connectivity index (χ1) is 7.15. The SMILES string of the molecule is C=CCOC(=O)c1ccc(C(=O)O)nc1. The second kappa shape index (κ2) is 4.90. The summed E-state index contributed by atoms with van der Waals surface area (Å²) in [6.07, 6.45) is 2.60. The molecular formula is C10H9NO4. The molecule has 0 radical (unpaired) electrons. The molecule has 5 nitrogen and oxygen atoms in total. The van der Waals surface area contributed by atoms with E-state index in [-0.39, 0.29) is 17.9 Å². The molecule has 0 atom stereocenters. The minimum atomic E-state index is -1.14. The Kier molecular flexibility index (Phi) is 3.56. The van der Waals surface area contributed by atoms with Crippen molar-refractivity contribution in [3.8, 4) is 0 Å². The first-order valence-corrected chi connectivity index (χ1v) is 4.12. The van der Waals surface area contributed by atoms with Crippen molar-refractivity contribution >= 4 is 11.9 Å². The predicted octanol–water partition coefficient (Wildman–Crippen LogP) is 1.12. The van der Waals surface area contributed by atoms with Gasteiger partial charge in [-0.15, -0.1) is 0 Å². The second-order valence-electron chi connectivity index (χ2n) is 2.62. The fourth-order valence-electron chi connectivity index (χ4n) is 0.859. The molecular weight excluding hydrogens is 198 g/mol. The van der Waals surface area contributed by atoms with Gasteiger partial charge in [-0.25, -0.2) is 14.6 Å². The van der Waals surface area contributed by atoms with E-state index in [0.717, 1.165) is 6.20 Å². The van der Waals surface area contributed by atoms with Crippen LogP contribution in [0.2, 0.25) is 0 Å². The summed E-state index contributed by atoms with van der Waals surface area (Å²) in [5, 5.41) is 8.56. The number of carbonyl (C=O) groups excluding carboxylic acids is 1. The molecule has 0 fully saturated rings. The molecule has 0 aliphatic carbocycles. The maximum atomic E-state index is 11.2. The molecule has 78 valence electrons. The zero-order valence-corrected chi connectivity index (χ0v) is 7.84. The quantitative estimate of drug-likeness (QED) is 0.591. The molecule has 0 saturated carbocycles. The maximum absolute atomic E-state index is 11.2. The van der Waals surface area contributed by atoms with Crippen molar-refractivity contribution in [2.45, 2.75) is 0 Å². The van der Waals surface area contributed by atoms with Gasteiger partial charge in [-0.1, -0.05) is 12.7 Å². The Morgan fingerprint density at radius 3 is 2.73 bits per heavy atom. The highest BCUT2D eigenvalue weighted by Gasteiger charge is 2.09. The third-order valence-electron chi connectivity index (χ3n) is 1.55. The average molecular weight is 207 g/mol. The van der Waals surface area contributed by atoms with Gasteiger partial charge in [0.05, 0.1) is 5.56 Å². The topological polar surface area (TPSA) is 76.5 Å². The van der Waals surface area contributed by atoms with Crippen LogP contribution in [0.3, 0.4) is 0 Å². The van der Waals surface area contributed by atoms with Crippen LogP contribution in [0.4, 0.5) is 0 Å². The number of rotatable bonds is 4. The molecule has 5 heteroatoms. The van der Waals surface area contributed by atoms with Crippen LogP contribution in [0.25, 0.3) is 0 Å². The third kappa shape index (κ3) is 2.91. The number of nitrogens with zero attached hydrogens (tertiary/aromatic N) is 1. The van der Waals surface area contributed by atoms with Crippen LogP contribution in [-0.2, 0) is 4.74 Å². The molecule has 0 saturated heterocycles. The monoisotopic (exact) mass is 207 g/mol. The molecule has 0 aliphatic heterocycles. The van der Waals surface area contributed by atoms with Gasteiger partial charge in [0.15, 0.2) is 0 Å². The normalized spacial score (nSPS) is 9.33. The van der Waals surface area contributed by atoms with Crippen LogP contribution < -0.4 is 0 Å². The van der Waals surface area contributed by atoms with Gasteiger partial charge in [-0.3, -0.25) is 0 Å². The van der Waals surface area contributed by atoms with Gasteiger partial charge in [0.25, 0.3) is 0 Å². The number of hydrogen-bond donors (Lipinski definition) is 1. The molecule has 1 N–H and O–H groups in total. The number of pyridine rings is 1. The van der Waals surface area contributed by atoms with Crippen molar-refractivity contribution in [2.24, 2.45) is 0 Å². The van der Waals surface area contributed by atoms with Crippen LogP contribution >= 0.6 is 0 Å². The summed E-state index contributed by atoms with van der Waals surface area (Å²) in [7, 11) is 0. The predicted molar refractivity (Wildman–Crippen MR) is 51.7 cm³/mol. The number of hydrogen-bond acceptors (Lipinski definition) is 4. The van der Waals surface area contributed by atoms with Crippen molar-refractivity contribution in [1.29, 1.82) is 0 Å². The molecule has 1 aromatic heterocycles. The number of esters is 1. The smallest absolute Gasteiger partial charge is 0.354 e. The number of carboxylic acid groups (broad SMARTS) is 1. The highest BCUT2D eigenvalue weighted by atomic mass is 16.5. The average Bonchev–Trinajstić information content (AvgIpc) is 2.26. The van der Waals surface area contributed by atoms with E-state index in [1.54, 1.807) is 0 Å². The summed E-state index contributed by atoms with van der Waals surface area (Å²) < 4.78 is 4.73. The summed E-state index contributed by atoms with van der Waals surface area (Å²) in [5.74, 6) is -1.69. The van der Waals surface area contributed by atoms with Crippen LogP contribution in [-0.4, -0.2) is 28.6 Å². The van der Waals surface area contributed by atoms with Gasteiger partial charge < -0.3 is 9.84 Å². The summed E-state index contributed by atoms with van der Waals surface area (Å²) in [6, 6.07) is 2.59. The van der Waals surface area contributed by atoms with E-state index >= 15 is 0 Å². The number of ether oxygens (including phenoxy) is 1. The Hall–Kier alpha value is -2.17. The van der Waals surface area contributed by atoms with E-state index in [1.165, 1.54) is 18.2 Å². The van der Waals surface area contributed by atoms with Crippen molar-refractivity contribution in [1.82, 2.24) is 4.98 Å². The highest BCUT2D eigenvalue weighted by Crippen LogP contribution is 2.02. The minimum absolute atomic E-state index is 0.111. The van der Waals surface area contributed by atoms with Crippen LogP contribution in [0, 0.1) is 0 Å². The Labute approximate surface area is 86.0 Å². The Morgan fingerprint density at radius 2 is 2.27 bits per heavy atom. The largest absolute Gasteiger partial charge is 0.477 e. The minimum Gasteiger partial charge on any atom is -0.477 e. The number of aromatic nitrogens is 1. The first-order valence-electron chi connectivity index (χ1n) is 4.12. The zero-order valence-electron chi connectivity index (χ0n) is 7.84. The van der Waals surface area contributed by atoms with Crippen molar-refractivity contribution in [3.05, 3.63) is 42.2 Å². The summed E-state index contributed by atoms with van der Waals surface area (Å²) >= 11 is 0. The molecule has 15 heavy (non-hydrogen) atoms. The van der Waals surface area contributed by atoms with Crippen LogP contribution in [0.5, 0.6) is 0 Å². The highest BCUT2D eigenvalue weighted by molar-refractivity contribution is 5.90. The van der Waals surface area contributed by atoms with E-state index in [1.807, 2.05) is 0 Å². The van der Waals surface area contributed by atoms with E-state index in [2.05, 4.69) is 11.6 Å². The van der Waals surface area contributed by atoms with E-state index in [4.69, 9.17) is 9.84 Å². The molecule has 1 rings (SSSR count). The number of carbonyl (C=O) groups is 2. The summed E-state index contributed by atoms with van der Waals surface area (Å²) in [4.78, 5) is 25.3. The fourth-order valence-corrected chi connectivity index (χ4v) is 0.859. The van der Waals surface area contributed by atoms with Crippen LogP contribution in [0.15, 0.2) is 31.0 Å². The Bertz CT molecular complexity index is 383. The lowest BCUT2D eigenvalue weighted by Gasteiger charge is -2.01. The molecule has 0 amide bonds. The van der Waals surface area contributed by atoms with Gasteiger partial charge in [0.1, 0.15) is 12.3 Å². The van der Waals surface area contributed by atoms with Gasteiger partial charge >= 0.3 is 11.9 Å². The third-order valence-corrected chi connectivity index (χ3v) is 1.55. The number of carboxylic acids is 1. The summed E-state index contributed by atoms with van der Waals surface area (Å²) in [5.41, 5.74) is 0.0946. The van der Waals surface area contributed by atoms with Gasteiger partial charge in [-0.2, -0.15) is 0 Å². The second-order valence-corrected chi connectivity index (χ2v) is 2.62. The Balaban J connectivity index is 2.75. The molecule has 0 bridgehead atoms. The lowest BCUT2D eigenvalue weighted by atomic mass is 10.2. The standard InChI is InChI=1S/C10H9NO4/c1-2-5-15-10(14)7-3-4-8(9(12)13)11-6-7/h2-4,6H,1,5H2,(H,12,13). The Morgan fingerprint density at radius 1 is 1.53 bits per heavy atom. The zero-order chi connectivity index (χ0) is 11.3. The van der Waals surface area contributed by atoms with E-state index in [0.29, 0.717) is 0 Å². The lowest BCUT2D eigenvalue weighted by Crippen LogP contribution is -2.07. The van der Waals surface area contributed by atoms with Gasteiger partial charge in [-0.05, 0) is 12.1 Å². The number of aromatic carboxylic acids is 1. The van der Waals surface area contributed by atoms with Crippen LogP contribution in [0.1, 0.15) is 20.8 Å². The molecule has 0 unspecified atom stereocenters. The molecule has 1 aromatic rings. The van der Waals surface area contributed by atoms with E-state index in [9.17, 15) is 9.59 Å². The van der Waals surface area contributed by atoms with Gasteiger partial charge in [0, 0.05) is 6.20 Å². The fraction of sp³-hybridized carbons (Fsp3) is 0.100. The first kappa shape index (κ1) is 10.9. The van der Waals surface area contributed by atoms with E-state index < -0.39 is 11.9 Å².